The molecule has 1 amide bonds. The van der Waals surface area contributed by atoms with Crippen molar-refractivity contribution >= 4 is 11.6 Å². The van der Waals surface area contributed by atoms with Crippen molar-refractivity contribution in [2.75, 3.05) is 12.4 Å². The number of hydrogen-bond acceptors (Lipinski definition) is 3. The van der Waals surface area contributed by atoms with E-state index in [4.69, 9.17) is 4.74 Å². The first kappa shape index (κ1) is 13.5. The summed E-state index contributed by atoms with van der Waals surface area (Å²) in [6, 6.07) is 7.98. The molecule has 6 heteroatoms. The van der Waals surface area contributed by atoms with Gasteiger partial charge in [-0.1, -0.05) is 6.07 Å². The minimum Gasteiger partial charge on any atom is -0.457 e. The zero-order chi connectivity index (χ0) is 15.0. The van der Waals surface area contributed by atoms with Crippen molar-refractivity contribution in [2.24, 2.45) is 0 Å². The number of nitrogens with one attached hydrogen (secondary N) is 2. The summed E-state index contributed by atoms with van der Waals surface area (Å²) in [6.07, 6.45) is 0. The maximum absolute atomic E-state index is 13.1. The standard InChI is InChI=1S/C15H12F2N2O2/c1-18-14-10-4-2-9(7-13(10)19-15(14)20)21-8-3-5-11(16)12(17)6-8/h2-7,14,18H,1H3,(H,19,20). The fourth-order valence-corrected chi connectivity index (χ4v) is 2.27. The summed E-state index contributed by atoms with van der Waals surface area (Å²) < 4.78 is 31.5. The molecule has 4 nitrogen and oxygen atoms in total. The molecular weight excluding hydrogens is 278 g/mol. The largest absolute Gasteiger partial charge is 0.457 e. The Balaban J connectivity index is 1.87. The van der Waals surface area contributed by atoms with Crippen LogP contribution in [0.4, 0.5) is 14.5 Å². The lowest BCUT2D eigenvalue weighted by molar-refractivity contribution is -0.117. The average Bonchev–Trinajstić information content (AvgIpc) is 2.77. The van der Waals surface area contributed by atoms with E-state index in [1.807, 2.05) is 0 Å². The minimum absolute atomic E-state index is 0.141. The highest BCUT2D eigenvalue weighted by Crippen LogP contribution is 2.35. The van der Waals surface area contributed by atoms with Gasteiger partial charge in [0.1, 0.15) is 17.5 Å². The number of benzene rings is 2. The second-order valence-corrected chi connectivity index (χ2v) is 4.64. The second kappa shape index (κ2) is 5.14. The molecule has 1 aliphatic heterocycles. The fraction of sp³-hybridized carbons (Fsp3) is 0.133. The van der Waals surface area contributed by atoms with Crippen LogP contribution in [-0.4, -0.2) is 13.0 Å². The number of likely N-dealkylation sites (N-methyl/N-ethyl adjacent to an activating group) is 1. The Labute approximate surface area is 119 Å². The molecule has 21 heavy (non-hydrogen) atoms. The lowest BCUT2D eigenvalue weighted by Crippen LogP contribution is -2.23. The second-order valence-electron chi connectivity index (χ2n) is 4.64. The molecule has 0 fully saturated rings. The Bertz CT molecular complexity index is 719. The van der Waals surface area contributed by atoms with E-state index in [0.717, 1.165) is 17.7 Å². The van der Waals surface area contributed by atoms with E-state index in [0.29, 0.717) is 11.4 Å². The van der Waals surface area contributed by atoms with E-state index in [9.17, 15) is 13.6 Å². The Morgan fingerprint density at radius 2 is 1.81 bits per heavy atom. The van der Waals surface area contributed by atoms with Crippen molar-refractivity contribution in [1.29, 1.82) is 0 Å². The maximum Gasteiger partial charge on any atom is 0.246 e. The van der Waals surface area contributed by atoms with Crippen LogP contribution in [0.3, 0.4) is 0 Å². The molecule has 0 spiro atoms. The van der Waals surface area contributed by atoms with Gasteiger partial charge in [-0.2, -0.15) is 0 Å². The van der Waals surface area contributed by atoms with Gasteiger partial charge in [0.2, 0.25) is 5.91 Å². The summed E-state index contributed by atoms with van der Waals surface area (Å²) in [6.45, 7) is 0. The molecule has 1 aliphatic rings. The first-order valence-corrected chi connectivity index (χ1v) is 6.33. The van der Waals surface area contributed by atoms with Crippen LogP contribution in [0.1, 0.15) is 11.6 Å². The molecule has 2 N–H and O–H groups in total. The maximum atomic E-state index is 13.1. The quantitative estimate of drug-likeness (QED) is 0.913. The van der Waals surface area contributed by atoms with Gasteiger partial charge in [-0.3, -0.25) is 4.79 Å². The molecule has 2 aromatic carbocycles. The Morgan fingerprint density at radius 3 is 2.52 bits per heavy atom. The molecular formula is C15H12F2N2O2. The molecule has 0 bridgehead atoms. The smallest absolute Gasteiger partial charge is 0.246 e. The van der Waals surface area contributed by atoms with Crippen LogP contribution in [0.5, 0.6) is 11.5 Å². The van der Waals surface area contributed by atoms with Gasteiger partial charge in [0.05, 0.1) is 0 Å². The van der Waals surface area contributed by atoms with Gasteiger partial charge in [0.25, 0.3) is 0 Å². The van der Waals surface area contributed by atoms with Crippen LogP contribution in [0, 0.1) is 11.6 Å². The number of rotatable bonds is 3. The third-order valence-corrected chi connectivity index (χ3v) is 3.27. The Hall–Kier alpha value is -2.47. The third kappa shape index (κ3) is 2.45. The highest BCUT2D eigenvalue weighted by Gasteiger charge is 2.29. The van der Waals surface area contributed by atoms with E-state index in [1.54, 1.807) is 25.2 Å². The number of halogens is 2. The van der Waals surface area contributed by atoms with E-state index in [2.05, 4.69) is 10.6 Å². The molecule has 2 aromatic rings. The third-order valence-electron chi connectivity index (χ3n) is 3.27. The van der Waals surface area contributed by atoms with Gasteiger partial charge in [0.15, 0.2) is 11.6 Å². The number of carbonyl (C=O) groups is 1. The predicted molar refractivity (Wildman–Crippen MR) is 73.3 cm³/mol. The number of fused-ring (bicyclic) bond motifs is 1. The summed E-state index contributed by atoms with van der Waals surface area (Å²) in [5, 5.41) is 5.64. The molecule has 108 valence electrons. The van der Waals surface area contributed by atoms with E-state index < -0.39 is 17.7 Å². The Kier molecular flexibility index (Phi) is 3.31. The molecule has 0 aliphatic carbocycles. The number of anilines is 1. The van der Waals surface area contributed by atoms with Crippen molar-refractivity contribution in [3.63, 3.8) is 0 Å². The van der Waals surface area contributed by atoms with Crippen LogP contribution >= 0.6 is 0 Å². The summed E-state index contributed by atoms with van der Waals surface area (Å²) in [5.74, 6) is -1.43. The highest BCUT2D eigenvalue weighted by molar-refractivity contribution is 6.02. The zero-order valence-electron chi connectivity index (χ0n) is 11.1. The topological polar surface area (TPSA) is 50.4 Å². The predicted octanol–water partition coefficient (Wildman–Crippen LogP) is 2.97. The molecule has 0 saturated carbocycles. The van der Waals surface area contributed by atoms with Crippen LogP contribution in [0.15, 0.2) is 36.4 Å². The molecule has 0 saturated heterocycles. The fourth-order valence-electron chi connectivity index (χ4n) is 2.27. The molecule has 0 aromatic heterocycles. The Morgan fingerprint density at radius 1 is 1.10 bits per heavy atom. The molecule has 3 rings (SSSR count). The van der Waals surface area contributed by atoms with Gasteiger partial charge in [0, 0.05) is 23.4 Å². The van der Waals surface area contributed by atoms with Crippen LogP contribution in [0.2, 0.25) is 0 Å². The van der Waals surface area contributed by atoms with Crippen LogP contribution in [0.25, 0.3) is 0 Å². The molecule has 1 unspecified atom stereocenters. The number of ether oxygens (including phenoxy) is 1. The highest BCUT2D eigenvalue weighted by atomic mass is 19.2. The van der Waals surface area contributed by atoms with Gasteiger partial charge >= 0.3 is 0 Å². The van der Waals surface area contributed by atoms with Crippen molar-refractivity contribution in [1.82, 2.24) is 5.32 Å². The van der Waals surface area contributed by atoms with Crippen molar-refractivity contribution in [3.8, 4) is 11.5 Å². The number of amides is 1. The van der Waals surface area contributed by atoms with Crippen molar-refractivity contribution in [3.05, 3.63) is 53.6 Å². The van der Waals surface area contributed by atoms with E-state index in [-0.39, 0.29) is 11.7 Å². The van der Waals surface area contributed by atoms with E-state index >= 15 is 0 Å². The number of carbonyl (C=O) groups excluding carboxylic acids is 1. The van der Waals surface area contributed by atoms with Gasteiger partial charge < -0.3 is 15.4 Å². The van der Waals surface area contributed by atoms with E-state index in [1.165, 1.54) is 6.07 Å². The van der Waals surface area contributed by atoms with Crippen molar-refractivity contribution in [2.45, 2.75) is 6.04 Å². The normalized spacial score (nSPS) is 16.5. The van der Waals surface area contributed by atoms with Gasteiger partial charge in [-0.05, 0) is 25.2 Å². The SMILES string of the molecule is CNC1C(=O)Nc2cc(Oc3ccc(F)c(F)c3)ccc21. The summed E-state index contributed by atoms with van der Waals surface area (Å²) in [4.78, 5) is 11.7. The lowest BCUT2D eigenvalue weighted by atomic mass is 10.1. The van der Waals surface area contributed by atoms with Crippen molar-refractivity contribution < 1.29 is 18.3 Å². The zero-order valence-corrected chi connectivity index (χ0v) is 11.1. The summed E-state index contributed by atoms with van der Waals surface area (Å²) in [5.41, 5.74) is 1.46. The summed E-state index contributed by atoms with van der Waals surface area (Å²) in [7, 11) is 1.70. The summed E-state index contributed by atoms with van der Waals surface area (Å²) >= 11 is 0. The van der Waals surface area contributed by atoms with Crippen LogP contribution in [-0.2, 0) is 4.79 Å². The average molecular weight is 290 g/mol. The van der Waals surface area contributed by atoms with Gasteiger partial charge in [-0.15, -0.1) is 0 Å². The van der Waals surface area contributed by atoms with Gasteiger partial charge in [-0.25, -0.2) is 8.78 Å². The number of hydrogen-bond donors (Lipinski definition) is 2. The van der Waals surface area contributed by atoms with Crippen LogP contribution < -0.4 is 15.4 Å². The first-order chi connectivity index (χ1) is 10.1. The molecule has 0 radical (unpaired) electrons. The minimum atomic E-state index is -0.975. The molecule has 1 atom stereocenters. The molecule has 1 heterocycles. The first-order valence-electron chi connectivity index (χ1n) is 6.33. The monoisotopic (exact) mass is 290 g/mol. The lowest BCUT2D eigenvalue weighted by Gasteiger charge is -2.09.